The summed E-state index contributed by atoms with van der Waals surface area (Å²) < 4.78 is 16.5. The first-order chi connectivity index (χ1) is 9.38. The Morgan fingerprint density at radius 3 is 2.74 bits per heavy atom. The van der Waals surface area contributed by atoms with Gasteiger partial charge in [0.15, 0.2) is 11.5 Å². The van der Waals surface area contributed by atoms with E-state index in [4.69, 9.17) is 13.9 Å². The van der Waals surface area contributed by atoms with Crippen LogP contribution in [0.3, 0.4) is 0 Å². The third kappa shape index (κ3) is 1.83. The highest BCUT2D eigenvalue weighted by Gasteiger charge is 2.14. The minimum Gasteiger partial charge on any atom is -0.461 e. The Morgan fingerprint density at radius 1 is 0.895 bits per heavy atom. The van der Waals surface area contributed by atoms with Crippen LogP contribution in [0.5, 0.6) is 11.5 Å². The molecule has 0 fully saturated rings. The molecule has 0 bridgehead atoms. The van der Waals surface area contributed by atoms with E-state index in [1.54, 1.807) is 0 Å². The third-order valence-electron chi connectivity index (χ3n) is 3.29. The number of fused-ring (bicyclic) bond motifs is 2. The van der Waals surface area contributed by atoms with Crippen molar-refractivity contribution in [3.63, 3.8) is 0 Å². The predicted molar refractivity (Wildman–Crippen MR) is 71.6 cm³/mol. The van der Waals surface area contributed by atoms with Crippen LogP contribution in [0, 0.1) is 0 Å². The lowest BCUT2D eigenvalue weighted by molar-refractivity contribution is 0.174. The van der Waals surface area contributed by atoms with Crippen LogP contribution < -0.4 is 9.47 Å². The Hall–Kier alpha value is -2.42. The molecule has 3 aromatic rings. The maximum absolute atomic E-state index is 5.82. The van der Waals surface area contributed by atoms with Crippen LogP contribution in [0.2, 0.25) is 0 Å². The Morgan fingerprint density at radius 2 is 1.79 bits per heavy atom. The number of benzene rings is 2. The minimum atomic E-state index is 0.309. The summed E-state index contributed by atoms with van der Waals surface area (Å²) in [6, 6.07) is 16.1. The molecule has 2 aromatic carbocycles. The molecule has 0 atom stereocenters. The normalized spacial score (nSPS) is 13.1. The van der Waals surface area contributed by atoms with Gasteiger partial charge in [-0.05, 0) is 29.8 Å². The highest BCUT2D eigenvalue weighted by molar-refractivity contribution is 5.77. The van der Waals surface area contributed by atoms with Gasteiger partial charge in [0, 0.05) is 11.8 Å². The molecule has 0 saturated carbocycles. The zero-order chi connectivity index (χ0) is 12.7. The lowest BCUT2D eigenvalue weighted by atomic mass is 10.1. The zero-order valence-corrected chi connectivity index (χ0v) is 10.3. The molecule has 0 N–H and O–H groups in total. The van der Waals surface area contributed by atoms with Crippen LogP contribution in [0.15, 0.2) is 52.9 Å². The van der Waals surface area contributed by atoms with Crippen LogP contribution in [0.4, 0.5) is 0 Å². The SMILES string of the molecule is c1ccc2oc(Cc3ccc4c(c3)OCO4)cc2c1. The van der Waals surface area contributed by atoms with Crippen molar-refractivity contribution in [1.82, 2.24) is 0 Å². The van der Waals surface area contributed by atoms with E-state index >= 15 is 0 Å². The van der Waals surface area contributed by atoms with E-state index < -0.39 is 0 Å². The van der Waals surface area contributed by atoms with Gasteiger partial charge in [-0.1, -0.05) is 24.3 Å². The summed E-state index contributed by atoms with van der Waals surface area (Å²) in [5, 5.41) is 1.14. The average molecular weight is 252 g/mol. The molecule has 19 heavy (non-hydrogen) atoms. The maximum Gasteiger partial charge on any atom is 0.231 e. The van der Waals surface area contributed by atoms with E-state index in [1.165, 1.54) is 0 Å². The number of ether oxygens (including phenoxy) is 2. The van der Waals surface area contributed by atoms with Crippen molar-refractivity contribution in [1.29, 1.82) is 0 Å². The summed E-state index contributed by atoms with van der Waals surface area (Å²) >= 11 is 0. The molecule has 3 heteroatoms. The fraction of sp³-hybridized carbons (Fsp3) is 0.125. The Labute approximate surface area is 110 Å². The van der Waals surface area contributed by atoms with Crippen LogP contribution in [-0.4, -0.2) is 6.79 Å². The largest absolute Gasteiger partial charge is 0.461 e. The molecule has 94 valence electrons. The average Bonchev–Trinajstić information content (AvgIpc) is 3.03. The highest BCUT2D eigenvalue weighted by Crippen LogP contribution is 2.33. The summed E-state index contributed by atoms with van der Waals surface area (Å²) in [6.07, 6.45) is 0.755. The molecular formula is C16H12O3. The van der Waals surface area contributed by atoms with Gasteiger partial charge in [0.05, 0.1) is 0 Å². The van der Waals surface area contributed by atoms with Crippen LogP contribution >= 0.6 is 0 Å². The van der Waals surface area contributed by atoms with Gasteiger partial charge in [0.2, 0.25) is 6.79 Å². The fourth-order valence-corrected chi connectivity index (χ4v) is 2.38. The molecule has 1 aliphatic heterocycles. The van der Waals surface area contributed by atoms with Crippen molar-refractivity contribution < 1.29 is 13.9 Å². The molecule has 0 amide bonds. The molecule has 1 aliphatic rings. The van der Waals surface area contributed by atoms with E-state index in [0.717, 1.165) is 40.2 Å². The van der Waals surface area contributed by atoms with E-state index in [-0.39, 0.29) is 0 Å². The van der Waals surface area contributed by atoms with Crippen molar-refractivity contribution in [3.05, 3.63) is 59.9 Å². The van der Waals surface area contributed by atoms with Crippen molar-refractivity contribution in [2.24, 2.45) is 0 Å². The molecule has 0 radical (unpaired) electrons. The number of hydrogen-bond donors (Lipinski definition) is 0. The first kappa shape index (κ1) is 10.5. The lowest BCUT2D eigenvalue weighted by Gasteiger charge is -2.00. The Kier molecular flexibility index (Phi) is 2.24. The van der Waals surface area contributed by atoms with Gasteiger partial charge >= 0.3 is 0 Å². The maximum atomic E-state index is 5.82. The van der Waals surface area contributed by atoms with Crippen LogP contribution in [0.25, 0.3) is 11.0 Å². The van der Waals surface area contributed by atoms with E-state index in [2.05, 4.69) is 12.1 Å². The molecule has 0 aliphatic carbocycles. The molecule has 2 heterocycles. The van der Waals surface area contributed by atoms with Gasteiger partial charge in [-0.25, -0.2) is 0 Å². The topological polar surface area (TPSA) is 31.6 Å². The van der Waals surface area contributed by atoms with E-state index in [1.807, 2.05) is 36.4 Å². The predicted octanol–water partition coefficient (Wildman–Crippen LogP) is 3.75. The summed E-state index contributed by atoms with van der Waals surface area (Å²) in [7, 11) is 0. The third-order valence-corrected chi connectivity index (χ3v) is 3.29. The second-order valence-corrected chi connectivity index (χ2v) is 4.61. The molecule has 3 nitrogen and oxygen atoms in total. The Bertz CT molecular complexity index is 710. The summed E-state index contributed by atoms with van der Waals surface area (Å²) in [5.74, 6) is 2.59. The lowest BCUT2D eigenvalue weighted by Crippen LogP contribution is -1.93. The molecule has 1 aromatic heterocycles. The summed E-state index contributed by atoms with van der Waals surface area (Å²) in [4.78, 5) is 0. The minimum absolute atomic E-state index is 0.309. The number of para-hydroxylation sites is 1. The molecular weight excluding hydrogens is 240 g/mol. The van der Waals surface area contributed by atoms with Crippen molar-refractivity contribution >= 4 is 11.0 Å². The van der Waals surface area contributed by atoms with Gasteiger partial charge in [0.1, 0.15) is 11.3 Å². The second kappa shape index (κ2) is 4.05. The summed E-state index contributed by atoms with van der Waals surface area (Å²) in [6.45, 7) is 0.309. The van der Waals surface area contributed by atoms with Crippen molar-refractivity contribution in [2.75, 3.05) is 6.79 Å². The quantitative estimate of drug-likeness (QED) is 0.696. The van der Waals surface area contributed by atoms with E-state index in [0.29, 0.717) is 6.79 Å². The van der Waals surface area contributed by atoms with Crippen molar-refractivity contribution in [2.45, 2.75) is 6.42 Å². The van der Waals surface area contributed by atoms with Gasteiger partial charge in [-0.15, -0.1) is 0 Å². The van der Waals surface area contributed by atoms with Crippen LogP contribution in [0.1, 0.15) is 11.3 Å². The number of furan rings is 1. The monoisotopic (exact) mass is 252 g/mol. The van der Waals surface area contributed by atoms with Gasteiger partial charge < -0.3 is 13.9 Å². The standard InChI is InChI=1S/C16H12O3/c1-2-4-14-12(3-1)9-13(19-14)7-11-5-6-15-16(8-11)18-10-17-15/h1-6,8-9H,7,10H2. The number of rotatable bonds is 2. The van der Waals surface area contributed by atoms with Gasteiger partial charge in [0.25, 0.3) is 0 Å². The van der Waals surface area contributed by atoms with Crippen LogP contribution in [-0.2, 0) is 6.42 Å². The van der Waals surface area contributed by atoms with E-state index in [9.17, 15) is 0 Å². The fourth-order valence-electron chi connectivity index (χ4n) is 2.38. The second-order valence-electron chi connectivity index (χ2n) is 4.61. The first-order valence-corrected chi connectivity index (χ1v) is 6.24. The first-order valence-electron chi connectivity index (χ1n) is 6.24. The number of hydrogen-bond acceptors (Lipinski definition) is 3. The molecule has 0 spiro atoms. The molecule has 0 unspecified atom stereocenters. The van der Waals surface area contributed by atoms with Gasteiger partial charge in [-0.3, -0.25) is 0 Å². The molecule has 4 rings (SSSR count). The van der Waals surface area contributed by atoms with Crippen molar-refractivity contribution in [3.8, 4) is 11.5 Å². The summed E-state index contributed by atoms with van der Waals surface area (Å²) in [5.41, 5.74) is 2.08. The van der Waals surface area contributed by atoms with Gasteiger partial charge in [-0.2, -0.15) is 0 Å². The highest BCUT2D eigenvalue weighted by atomic mass is 16.7. The Balaban J connectivity index is 1.67. The zero-order valence-electron chi connectivity index (χ0n) is 10.3. The smallest absolute Gasteiger partial charge is 0.231 e. The molecule has 0 saturated heterocycles.